The van der Waals surface area contributed by atoms with E-state index in [1.165, 1.54) is 0 Å². The summed E-state index contributed by atoms with van der Waals surface area (Å²) in [6, 6.07) is 0.426. The Bertz CT molecular complexity index is 255. The van der Waals surface area contributed by atoms with Crippen LogP contribution < -0.4 is 5.32 Å². The molecule has 4 nitrogen and oxygen atoms in total. The zero-order valence-corrected chi connectivity index (χ0v) is 11.9. The SMILES string of the molecule is CC(C)NCC(C)(C)C(=O)N1CCN(C)CC1. The summed E-state index contributed by atoms with van der Waals surface area (Å²) in [5.74, 6) is 0.277. The first-order valence-corrected chi connectivity index (χ1v) is 6.54. The summed E-state index contributed by atoms with van der Waals surface area (Å²) in [5, 5.41) is 3.36. The van der Waals surface area contributed by atoms with Gasteiger partial charge in [-0.15, -0.1) is 0 Å². The first kappa shape index (κ1) is 14.5. The van der Waals surface area contributed by atoms with Crippen LogP contribution >= 0.6 is 0 Å². The molecule has 1 amide bonds. The third-order valence-electron chi connectivity index (χ3n) is 3.32. The molecule has 0 aromatic rings. The summed E-state index contributed by atoms with van der Waals surface area (Å²) >= 11 is 0. The van der Waals surface area contributed by atoms with Crippen LogP contribution in [0.4, 0.5) is 0 Å². The molecule has 0 radical (unpaired) electrons. The van der Waals surface area contributed by atoms with Crippen LogP contribution in [0.5, 0.6) is 0 Å². The van der Waals surface area contributed by atoms with Gasteiger partial charge in [-0.1, -0.05) is 13.8 Å². The normalized spacial score (nSPS) is 18.8. The minimum atomic E-state index is -0.305. The molecule has 0 saturated carbocycles. The Morgan fingerprint density at radius 2 is 1.76 bits per heavy atom. The van der Waals surface area contributed by atoms with Crippen molar-refractivity contribution >= 4 is 5.91 Å². The van der Waals surface area contributed by atoms with E-state index in [0.717, 1.165) is 32.7 Å². The molecule has 1 N–H and O–H groups in total. The van der Waals surface area contributed by atoms with Gasteiger partial charge < -0.3 is 15.1 Å². The number of hydrogen-bond donors (Lipinski definition) is 1. The largest absolute Gasteiger partial charge is 0.340 e. The Hall–Kier alpha value is -0.610. The monoisotopic (exact) mass is 241 g/mol. The quantitative estimate of drug-likeness (QED) is 0.790. The molecule has 0 atom stereocenters. The van der Waals surface area contributed by atoms with E-state index < -0.39 is 0 Å². The fraction of sp³-hybridized carbons (Fsp3) is 0.923. The van der Waals surface area contributed by atoms with Crippen LogP contribution in [-0.2, 0) is 4.79 Å². The maximum absolute atomic E-state index is 12.4. The average Bonchev–Trinajstić information content (AvgIpc) is 2.27. The fourth-order valence-corrected chi connectivity index (χ4v) is 1.97. The molecular weight excluding hydrogens is 214 g/mol. The Morgan fingerprint density at radius 3 is 2.24 bits per heavy atom. The number of nitrogens with zero attached hydrogens (tertiary/aromatic N) is 2. The highest BCUT2D eigenvalue weighted by molar-refractivity contribution is 5.82. The van der Waals surface area contributed by atoms with E-state index in [2.05, 4.69) is 31.1 Å². The van der Waals surface area contributed by atoms with Crippen molar-refractivity contribution < 1.29 is 4.79 Å². The molecule has 0 aromatic carbocycles. The molecule has 17 heavy (non-hydrogen) atoms. The number of carbonyl (C=O) groups excluding carboxylic acids is 1. The minimum absolute atomic E-state index is 0.277. The molecule has 100 valence electrons. The summed E-state index contributed by atoms with van der Waals surface area (Å²) in [6.07, 6.45) is 0. The molecule has 4 heteroatoms. The molecule has 0 aliphatic carbocycles. The van der Waals surface area contributed by atoms with E-state index in [1.807, 2.05) is 18.7 Å². The van der Waals surface area contributed by atoms with Gasteiger partial charge in [0.05, 0.1) is 5.41 Å². The summed E-state index contributed by atoms with van der Waals surface area (Å²) in [4.78, 5) is 16.7. The third kappa shape index (κ3) is 4.28. The number of rotatable bonds is 4. The Morgan fingerprint density at radius 1 is 1.24 bits per heavy atom. The highest BCUT2D eigenvalue weighted by Crippen LogP contribution is 2.19. The number of hydrogen-bond acceptors (Lipinski definition) is 3. The van der Waals surface area contributed by atoms with Crippen molar-refractivity contribution in [3.05, 3.63) is 0 Å². The van der Waals surface area contributed by atoms with Crippen LogP contribution in [0.15, 0.2) is 0 Å². The number of likely N-dealkylation sites (N-methyl/N-ethyl adjacent to an activating group) is 1. The molecule has 1 heterocycles. The molecule has 0 bridgehead atoms. The van der Waals surface area contributed by atoms with Gasteiger partial charge in [0.2, 0.25) is 5.91 Å². The topological polar surface area (TPSA) is 35.6 Å². The van der Waals surface area contributed by atoms with Gasteiger partial charge in [0.1, 0.15) is 0 Å². The lowest BCUT2D eigenvalue weighted by Crippen LogP contribution is -2.53. The number of carbonyl (C=O) groups is 1. The lowest BCUT2D eigenvalue weighted by Gasteiger charge is -2.37. The standard InChI is InChI=1S/C13H27N3O/c1-11(2)14-10-13(3,4)12(17)16-8-6-15(5)7-9-16/h11,14H,6-10H2,1-5H3. The van der Waals surface area contributed by atoms with Crippen molar-refractivity contribution in [3.63, 3.8) is 0 Å². The van der Waals surface area contributed by atoms with E-state index in [9.17, 15) is 4.79 Å². The number of nitrogens with one attached hydrogen (secondary N) is 1. The first-order valence-electron chi connectivity index (χ1n) is 6.54. The third-order valence-corrected chi connectivity index (χ3v) is 3.32. The second kappa shape index (κ2) is 5.83. The highest BCUT2D eigenvalue weighted by Gasteiger charge is 2.32. The maximum Gasteiger partial charge on any atom is 0.229 e. The van der Waals surface area contributed by atoms with Crippen molar-refractivity contribution in [2.45, 2.75) is 33.7 Å². The fourth-order valence-electron chi connectivity index (χ4n) is 1.97. The van der Waals surface area contributed by atoms with E-state index in [-0.39, 0.29) is 11.3 Å². The predicted octanol–water partition coefficient (Wildman–Crippen LogP) is 0.785. The van der Waals surface area contributed by atoms with Crippen LogP contribution in [-0.4, -0.2) is 61.5 Å². The van der Waals surface area contributed by atoms with E-state index in [1.54, 1.807) is 0 Å². The van der Waals surface area contributed by atoms with Crippen LogP contribution in [0.3, 0.4) is 0 Å². The summed E-state index contributed by atoms with van der Waals surface area (Å²) < 4.78 is 0. The van der Waals surface area contributed by atoms with Gasteiger partial charge in [0.25, 0.3) is 0 Å². The number of amides is 1. The van der Waals surface area contributed by atoms with Gasteiger partial charge in [-0.25, -0.2) is 0 Å². The average molecular weight is 241 g/mol. The molecule has 0 aromatic heterocycles. The van der Waals surface area contributed by atoms with Crippen molar-refractivity contribution in [2.75, 3.05) is 39.8 Å². The van der Waals surface area contributed by atoms with E-state index >= 15 is 0 Å². The molecule has 0 unspecified atom stereocenters. The van der Waals surface area contributed by atoms with Gasteiger partial charge in [0.15, 0.2) is 0 Å². The zero-order valence-electron chi connectivity index (χ0n) is 11.9. The smallest absolute Gasteiger partial charge is 0.229 e. The van der Waals surface area contributed by atoms with Gasteiger partial charge in [0, 0.05) is 38.8 Å². The molecule has 0 spiro atoms. The number of piperazine rings is 1. The maximum atomic E-state index is 12.4. The second-order valence-corrected chi connectivity index (χ2v) is 6.01. The molecule has 1 saturated heterocycles. The lowest BCUT2D eigenvalue weighted by molar-refractivity contribution is -0.141. The lowest BCUT2D eigenvalue weighted by atomic mass is 9.91. The van der Waals surface area contributed by atoms with Crippen molar-refractivity contribution in [1.29, 1.82) is 0 Å². The molecule has 1 aliphatic rings. The van der Waals surface area contributed by atoms with Crippen LogP contribution in [0.1, 0.15) is 27.7 Å². The highest BCUT2D eigenvalue weighted by atomic mass is 16.2. The first-order chi connectivity index (χ1) is 7.83. The van der Waals surface area contributed by atoms with Gasteiger partial charge in [-0.2, -0.15) is 0 Å². The molecule has 1 fully saturated rings. The summed E-state index contributed by atoms with van der Waals surface area (Å²) in [7, 11) is 2.10. The Kier molecular flexibility index (Phi) is 4.95. The van der Waals surface area contributed by atoms with Crippen LogP contribution in [0.2, 0.25) is 0 Å². The zero-order chi connectivity index (χ0) is 13.1. The van der Waals surface area contributed by atoms with E-state index in [0.29, 0.717) is 6.04 Å². The van der Waals surface area contributed by atoms with Crippen molar-refractivity contribution in [3.8, 4) is 0 Å². The van der Waals surface area contributed by atoms with Gasteiger partial charge in [-0.05, 0) is 20.9 Å². The predicted molar refractivity (Wildman–Crippen MR) is 71.0 cm³/mol. The van der Waals surface area contributed by atoms with Crippen molar-refractivity contribution in [2.24, 2.45) is 5.41 Å². The van der Waals surface area contributed by atoms with Crippen molar-refractivity contribution in [1.82, 2.24) is 15.1 Å². The van der Waals surface area contributed by atoms with Gasteiger partial charge in [-0.3, -0.25) is 4.79 Å². The Labute approximate surface area is 105 Å². The van der Waals surface area contributed by atoms with Crippen LogP contribution in [0.25, 0.3) is 0 Å². The molecular formula is C13H27N3O. The summed E-state index contributed by atoms with van der Waals surface area (Å²) in [6.45, 7) is 12.7. The summed E-state index contributed by atoms with van der Waals surface area (Å²) in [5.41, 5.74) is -0.305. The minimum Gasteiger partial charge on any atom is -0.340 e. The Balaban J connectivity index is 2.49. The molecule has 1 rings (SSSR count). The van der Waals surface area contributed by atoms with Crippen LogP contribution in [0, 0.1) is 5.41 Å². The second-order valence-electron chi connectivity index (χ2n) is 6.01. The molecule has 1 aliphatic heterocycles. The van der Waals surface area contributed by atoms with Gasteiger partial charge >= 0.3 is 0 Å². The van der Waals surface area contributed by atoms with E-state index in [4.69, 9.17) is 0 Å².